The van der Waals surface area contributed by atoms with Crippen molar-refractivity contribution < 1.29 is 14.8 Å². The van der Waals surface area contributed by atoms with E-state index in [1.807, 2.05) is 20.8 Å². The molecular formula is C13H18BrN3O4. The van der Waals surface area contributed by atoms with Crippen molar-refractivity contribution in [2.24, 2.45) is 5.41 Å². The predicted molar refractivity (Wildman–Crippen MR) is 82.3 cm³/mol. The van der Waals surface area contributed by atoms with Crippen LogP contribution in [0.1, 0.15) is 33.6 Å². The lowest BCUT2D eigenvalue weighted by Gasteiger charge is -2.26. The molecule has 0 bridgehead atoms. The van der Waals surface area contributed by atoms with Crippen LogP contribution in [-0.4, -0.2) is 27.0 Å². The fourth-order valence-corrected chi connectivity index (χ4v) is 2.32. The van der Waals surface area contributed by atoms with E-state index in [0.717, 1.165) is 0 Å². The maximum atomic E-state index is 11.1. The molecule has 2 N–H and O–H groups in total. The van der Waals surface area contributed by atoms with Gasteiger partial charge in [0.2, 0.25) is 5.82 Å². The number of pyridine rings is 1. The zero-order valence-corrected chi connectivity index (χ0v) is 13.7. The maximum absolute atomic E-state index is 11.1. The number of halogens is 1. The molecule has 0 spiro atoms. The summed E-state index contributed by atoms with van der Waals surface area (Å²) < 4.78 is 0.491. The van der Waals surface area contributed by atoms with Crippen molar-refractivity contribution >= 4 is 33.4 Å². The minimum absolute atomic E-state index is 0.0821. The van der Waals surface area contributed by atoms with E-state index < -0.39 is 16.9 Å². The molecule has 1 unspecified atom stereocenters. The molecule has 1 rings (SSSR count). The van der Waals surface area contributed by atoms with Gasteiger partial charge in [0.25, 0.3) is 0 Å². The molecule has 7 nitrogen and oxygen atoms in total. The van der Waals surface area contributed by atoms with Crippen molar-refractivity contribution in [3.63, 3.8) is 0 Å². The first kappa shape index (κ1) is 17.4. The molecule has 0 fully saturated rings. The summed E-state index contributed by atoms with van der Waals surface area (Å²) in [4.78, 5) is 25.4. The van der Waals surface area contributed by atoms with Gasteiger partial charge >= 0.3 is 11.7 Å². The summed E-state index contributed by atoms with van der Waals surface area (Å²) in [5.41, 5.74) is -0.300. The van der Waals surface area contributed by atoms with Gasteiger partial charge in [-0.15, -0.1) is 0 Å². The maximum Gasteiger partial charge on any atom is 0.312 e. The zero-order valence-electron chi connectivity index (χ0n) is 12.1. The molecule has 116 valence electrons. The first-order valence-electron chi connectivity index (χ1n) is 6.37. The van der Waals surface area contributed by atoms with E-state index in [0.29, 0.717) is 10.9 Å². The first-order chi connectivity index (χ1) is 9.58. The van der Waals surface area contributed by atoms with Crippen molar-refractivity contribution in [1.29, 1.82) is 0 Å². The Morgan fingerprint density at radius 3 is 2.67 bits per heavy atom. The fraction of sp³-hybridized carbons (Fsp3) is 0.538. The Hall–Kier alpha value is -1.70. The number of aliphatic carboxylic acids is 1. The molecule has 1 heterocycles. The number of carbonyl (C=O) groups is 1. The fourth-order valence-electron chi connectivity index (χ4n) is 2.00. The topological polar surface area (TPSA) is 105 Å². The number of aromatic nitrogens is 1. The van der Waals surface area contributed by atoms with Crippen molar-refractivity contribution in [3.8, 4) is 0 Å². The van der Waals surface area contributed by atoms with Crippen LogP contribution in [-0.2, 0) is 4.79 Å². The van der Waals surface area contributed by atoms with E-state index >= 15 is 0 Å². The molecule has 1 atom stereocenters. The normalized spacial score (nSPS) is 12.8. The average molecular weight is 360 g/mol. The number of anilines is 1. The molecule has 1 aromatic heterocycles. The van der Waals surface area contributed by atoms with Crippen LogP contribution in [0.3, 0.4) is 0 Å². The lowest BCUT2D eigenvalue weighted by atomic mass is 9.87. The molecule has 1 aromatic rings. The van der Waals surface area contributed by atoms with Crippen LogP contribution in [0.5, 0.6) is 0 Å². The summed E-state index contributed by atoms with van der Waals surface area (Å²) in [6.07, 6.45) is 1.85. The van der Waals surface area contributed by atoms with Gasteiger partial charge in [0.15, 0.2) is 0 Å². The standard InChI is InChI=1S/C13H18BrN3O4/c1-13(2,3)6-9(5-11(18)19)16-12-10(17(20)21)4-8(14)7-15-12/h4,7,9H,5-6H2,1-3H3,(H,15,16)(H,18,19). The number of carboxylic acid groups (broad SMARTS) is 1. The molecule has 0 saturated carbocycles. The second-order valence-electron chi connectivity index (χ2n) is 5.98. The monoisotopic (exact) mass is 359 g/mol. The Bertz CT molecular complexity index is 543. The number of nitrogens with one attached hydrogen (secondary N) is 1. The van der Waals surface area contributed by atoms with Crippen LogP contribution >= 0.6 is 15.9 Å². The van der Waals surface area contributed by atoms with Crippen LogP contribution in [0.25, 0.3) is 0 Å². The van der Waals surface area contributed by atoms with E-state index in [4.69, 9.17) is 5.11 Å². The number of carboxylic acids is 1. The Balaban J connectivity index is 3.02. The van der Waals surface area contributed by atoms with Gasteiger partial charge in [0, 0.05) is 22.8 Å². The minimum Gasteiger partial charge on any atom is -0.481 e. The molecule has 0 amide bonds. The Labute approximate surface area is 131 Å². The summed E-state index contributed by atoms with van der Waals surface area (Å²) in [6, 6.07) is 0.902. The van der Waals surface area contributed by atoms with Gasteiger partial charge in [-0.25, -0.2) is 4.98 Å². The van der Waals surface area contributed by atoms with E-state index in [2.05, 4.69) is 26.2 Å². The summed E-state index contributed by atoms with van der Waals surface area (Å²) >= 11 is 3.13. The smallest absolute Gasteiger partial charge is 0.312 e. The molecule has 0 aliphatic rings. The van der Waals surface area contributed by atoms with Crippen molar-refractivity contribution in [1.82, 2.24) is 4.98 Å². The van der Waals surface area contributed by atoms with Crippen LogP contribution in [0.15, 0.2) is 16.7 Å². The molecule has 8 heteroatoms. The molecule has 0 radical (unpaired) electrons. The van der Waals surface area contributed by atoms with Crippen LogP contribution in [0.2, 0.25) is 0 Å². The van der Waals surface area contributed by atoms with Gasteiger partial charge < -0.3 is 10.4 Å². The van der Waals surface area contributed by atoms with Gasteiger partial charge in [-0.1, -0.05) is 20.8 Å². The SMILES string of the molecule is CC(C)(C)CC(CC(=O)O)Nc1ncc(Br)cc1[N+](=O)[O-]. The van der Waals surface area contributed by atoms with Gasteiger partial charge in [-0.2, -0.15) is 0 Å². The van der Waals surface area contributed by atoms with Gasteiger partial charge in [-0.05, 0) is 27.8 Å². The van der Waals surface area contributed by atoms with Gasteiger partial charge in [0.05, 0.1) is 11.3 Å². The third-order valence-electron chi connectivity index (χ3n) is 2.65. The predicted octanol–water partition coefficient (Wildman–Crippen LogP) is 3.44. The van der Waals surface area contributed by atoms with Crippen molar-refractivity contribution in [3.05, 3.63) is 26.9 Å². The lowest BCUT2D eigenvalue weighted by Crippen LogP contribution is -2.29. The highest BCUT2D eigenvalue weighted by Gasteiger charge is 2.25. The molecule has 0 saturated heterocycles. The Morgan fingerprint density at radius 1 is 1.57 bits per heavy atom. The van der Waals surface area contributed by atoms with E-state index in [1.165, 1.54) is 12.3 Å². The van der Waals surface area contributed by atoms with E-state index in [1.54, 1.807) is 0 Å². The number of hydrogen-bond acceptors (Lipinski definition) is 5. The highest BCUT2D eigenvalue weighted by molar-refractivity contribution is 9.10. The summed E-state index contributed by atoms with van der Waals surface area (Å²) in [5.74, 6) is -0.879. The van der Waals surface area contributed by atoms with Crippen LogP contribution in [0, 0.1) is 15.5 Å². The zero-order chi connectivity index (χ0) is 16.2. The molecule has 0 aromatic carbocycles. The third-order valence-corrected chi connectivity index (χ3v) is 3.09. The van der Waals surface area contributed by atoms with E-state index in [-0.39, 0.29) is 23.3 Å². The van der Waals surface area contributed by atoms with Gasteiger partial charge in [-0.3, -0.25) is 14.9 Å². The molecular weight excluding hydrogens is 342 g/mol. The van der Waals surface area contributed by atoms with Crippen molar-refractivity contribution in [2.45, 2.75) is 39.7 Å². The summed E-state index contributed by atoms with van der Waals surface area (Å²) in [6.45, 7) is 5.94. The number of nitro groups is 1. The van der Waals surface area contributed by atoms with Crippen LogP contribution in [0.4, 0.5) is 11.5 Å². The molecule has 0 aliphatic carbocycles. The van der Waals surface area contributed by atoms with Gasteiger partial charge in [0.1, 0.15) is 0 Å². The molecule has 0 aliphatic heterocycles. The van der Waals surface area contributed by atoms with Crippen LogP contribution < -0.4 is 5.32 Å². The van der Waals surface area contributed by atoms with E-state index in [9.17, 15) is 14.9 Å². The summed E-state index contributed by atoms with van der Waals surface area (Å²) in [5, 5.41) is 22.9. The molecule has 21 heavy (non-hydrogen) atoms. The summed E-state index contributed by atoms with van der Waals surface area (Å²) in [7, 11) is 0. The number of hydrogen-bond donors (Lipinski definition) is 2. The van der Waals surface area contributed by atoms with Crippen molar-refractivity contribution in [2.75, 3.05) is 5.32 Å². The Kier molecular flexibility index (Phi) is 5.65. The average Bonchev–Trinajstić information content (AvgIpc) is 2.28. The first-order valence-corrected chi connectivity index (χ1v) is 7.16. The minimum atomic E-state index is -0.962. The number of nitrogens with zero attached hydrogens (tertiary/aromatic N) is 2. The highest BCUT2D eigenvalue weighted by Crippen LogP contribution is 2.29. The Morgan fingerprint density at radius 2 is 2.19 bits per heavy atom. The quantitative estimate of drug-likeness (QED) is 0.595. The second-order valence-corrected chi connectivity index (χ2v) is 6.90. The third kappa shape index (κ3) is 6.07. The largest absolute Gasteiger partial charge is 0.481 e. The second kappa shape index (κ2) is 6.84. The lowest BCUT2D eigenvalue weighted by molar-refractivity contribution is -0.384. The number of rotatable bonds is 6. The highest BCUT2D eigenvalue weighted by atomic mass is 79.9.